The van der Waals surface area contributed by atoms with E-state index in [1.54, 1.807) is 6.20 Å². The van der Waals surface area contributed by atoms with Crippen molar-refractivity contribution in [2.45, 2.75) is 57.9 Å². The fraction of sp³-hybridized carbons (Fsp3) is 0.786. The van der Waals surface area contributed by atoms with Crippen molar-refractivity contribution < 1.29 is 9.47 Å². The number of likely N-dealkylation sites (N-methyl/N-ethyl adjacent to an activating group) is 1. The van der Waals surface area contributed by atoms with Crippen molar-refractivity contribution in [3.8, 4) is 5.75 Å². The fourth-order valence-electron chi connectivity index (χ4n) is 2.30. The zero-order valence-electron chi connectivity index (χ0n) is 12.3. The number of hydrogen-bond donors (Lipinski definition) is 1. The van der Waals surface area contributed by atoms with Crippen LogP contribution < -0.4 is 10.1 Å². The minimum Gasteiger partial charge on any atom is -0.484 e. The van der Waals surface area contributed by atoms with Gasteiger partial charge in [-0.1, -0.05) is 6.92 Å². The summed E-state index contributed by atoms with van der Waals surface area (Å²) in [5, 5.41) is 7.56. The van der Waals surface area contributed by atoms with Crippen LogP contribution in [0.15, 0.2) is 12.4 Å². The summed E-state index contributed by atoms with van der Waals surface area (Å²) in [6.07, 6.45) is 6.03. The van der Waals surface area contributed by atoms with E-state index >= 15 is 0 Å². The zero-order chi connectivity index (χ0) is 13.8. The monoisotopic (exact) mass is 267 g/mol. The molecule has 0 radical (unpaired) electrons. The van der Waals surface area contributed by atoms with Crippen LogP contribution in [0.4, 0.5) is 0 Å². The highest BCUT2D eigenvalue weighted by Gasteiger charge is 2.43. The van der Waals surface area contributed by atoms with Gasteiger partial charge in [-0.3, -0.25) is 4.68 Å². The second-order valence-electron chi connectivity index (χ2n) is 5.37. The molecule has 0 spiro atoms. The van der Waals surface area contributed by atoms with Crippen molar-refractivity contribution in [3.63, 3.8) is 0 Å². The lowest BCUT2D eigenvalue weighted by atomic mass is 9.85. The van der Waals surface area contributed by atoms with Crippen LogP contribution in [0.2, 0.25) is 0 Å². The van der Waals surface area contributed by atoms with Gasteiger partial charge in [0.25, 0.3) is 0 Å². The van der Waals surface area contributed by atoms with Gasteiger partial charge in [0.2, 0.25) is 0 Å². The van der Waals surface area contributed by atoms with Crippen molar-refractivity contribution in [2.75, 3.05) is 13.7 Å². The molecule has 1 aromatic rings. The lowest BCUT2D eigenvalue weighted by Crippen LogP contribution is -2.60. The molecule has 2 rings (SSSR count). The third-order valence-electron chi connectivity index (χ3n) is 3.53. The Hall–Kier alpha value is -1.07. The minimum atomic E-state index is 0.133. The molecule has 1 fully saturated rings. The van der Waals surface area contributed by atoms with Gasteiger partial charge >= 0.3 is 0 Å². The first-order chi connectivity index (χ1) is 9.15. The van der Waals surface area contributed by atoms with Crippen LogP contribution >= 0.6 is 0 Å². The van der Waals surface area contributed by atoms with Crippen LogP contribution in [-0.4, -0.2) is 41.7 Å². The number of nitrogens with one attached hydrogen (secondary N) is 1. The van der Waals surface area contributed by atoms with Gasteiger partial charge in [0.1, 0.15) is 12.2 Å². The maximum Gasteiger partial charge on any atom is 0.157 e. The molecule has 1 N–H and O–H groups in total. The average Bonchev–Trinajstić information content (AvgIpc) is 2.83. The van der Waals surface area contributed by atoms with Gasteiger partial charge in [-0.25, -0.2) is 0 Å². The first-order valence-corrected chi connectivity index (χ1v) is 7.15. The largest absolute Gasteiger partial charge is 0.484 e. The molecule has 1 heterocycles. The Bertz CT molecular complexity index is 392. The van der Waals surface area contributed by atoms with Crippen LogP contribution in [0.1, 0.15) is 39.7 Å². The summed E-state index contributed by atoms with van der Waals surface area (Å²) >= 11 is 0. The molecule has 1 aromatic heterocycles. The maximum absolute atomic E-state index is 5.97. The molecule has 0 aromatic carbocycles. The highest BCUT2D eigenvalue weighted by molar-refractivity contribution is 5.14. The van der Waals surface area contributed by atoms with Gasteiger partial charge in [-0.2, -0.15) is 5.10 Å². The zero-order valence-corrected chi connectivity index (χ0v) is 12.3. The number of aromatic nitrogens is 2. The van der Waals surface area contributed by atoms with Crippen molar-refractivity contribution in [3.05, 3.63) is 12.4 Å². The molecule has 19 heavy (non-hydrogen) atoms. The minimum absolute atomic E-state index is 0.133. The molecule has 1 aliphatic rings. The summed E-state index contributed by atoms with van der Waals surface area (Å²) < 4.78 is 13.7. The average molecular weight is 267 g/mol. The van der Waals surface area contributed by atoms with E-state index in [-0.39, 0.29) is 12.2 Å². The first-order valence-electron chi connectivity index (χ1n) is 7.15. The van der Waals surface area contributed by atoms with Crippen molar-refractivity contribution in [1.29, 1.82) is 0 Å². The Kier molecular flexibility index (Phi) is 4.82. The molecule has 3 atom stereocenters. The molecule has 0 bridgehead atoms. The number of rotatable bonds is 7. The number of nitrogens with zero attached hydrogens (tertiary/aromatic N) is 2. The molecule has 5 heteroatoms. The summed E-state index contributed by atoms with van der Waals surface area (Å²) in [5.74, 6) is 0.832. The summed E-state index contributed by atoms with van der Waals surface area (Å²) in [6.45, 7) is 7.11. The van der Waals surface area contributed by atoms with Crippen LogP contribution in [0.5, 0.6) is 5.75 Å². The Morgan fingerprint density at radius 2 is 2.32 bits per heavy atom. The van der Waals surface area contributed by atoms with Crippen molar-refractivity contribution >= 4 is 0 Å². The van der Waals surface area contributed by atoms with Gasteiger partial charge in [0.15, 0.2) is 5.75 Å². The first kappa shape index (κ1) is 14.3. The van der Waals surface area contributed by atoms with Gasteiger partial charge in [0, 0.05) is 25.1 Å². The third kappa shape index (κ3) is 3.28. The quantitative estimate of drug-likeness (QED) is 0.821. The maximum atomic E-state index is 5.97. The SMILES string of the molecule is CCCOC1C(NC)CC1Oc1cnn(C(C)C)c1. The molecule has 1 saturated carbocycles. The van der Waals surface area contributed by atoms with Crippen LogP contribution in [0.3, 0.4) is 0 Å². The van der Waals surface area contributed by atoms with E-state index in [4.69, 9.17) is 9.47 Å². The molecule has 108 valence electrons. The number of ether oxygens (including phenoxy) is 2. The van der Waals surface area contributed by atoms with E-state index in [9.17, 15) is 0 Å². The van der Waals surface area contributed by atoms with Crippen molar-refractivity contribution in [2.24, 2.45) is 0 Å². The second kappa shape index (κ2) is 6.39. The summed E-state index contributed by atoms with van der Waals surface area (Å²) in [7, 11) is 1.97. The standard InChI is InChI=1S/C14H25N3O2/c1-5-6-18-14-12(15-4)7-13(14)19-11-8-16-17(9-11)10(2)3/h8-10,12-15H,5-7H2,1-4H3. The van der Waals surface area contributed by atoms with E-state index in [2.05, 4.69) is 31.2 Å². The predicted octanol–water partition coefficient (Wildman–Crippen LogP) is 2.00. The third-order valence-corrected chi connectivity index (χ3v) is 3.53. The molecular formula is C14H25N3O2. The van der Waals surface area contributed by atoms with E-state index in [0.29, 0.717) is 12.1 Å². The molecular weight excluding hydrogens is 242 g/mol. The Balaban J connectivity index is 1.90. The fourth-order valence-corrected chi connectivity index (χ4v) is 2.30. The summed E-state index contributed by atoms with van der Waals surface area (Å²) in [5.41, 5.74) is 0. The summed E-state index contributed by atoms with van der Waals surface area (Å²) in [4.78, 5) is 0. The van der Waals surface area contributed by atoms with E-state index < -0.39 is 0 Å². The van der Waals surface area contributed by atoms with E-state index in [1.807, 2.05) is 17.9 Å². The molecule has 5 nitrogen and oxygen atoms in total. The van der Waals surface area contributed by atoms with E-state index in [0.717, 1.165) is 25.2 Å². The smallest absolute Gasteiger partial charge is 0.157 e. The topological polar surface area (TPSA) is 48.3 Å². The number of hydrogen-bond acceptors (Lipinski definition) is 4. The summed E-state index contributed by atoms with van der Waals surface area (Å²) in [6, 6.07) is 0.757. The Morgan fingerprint density at radius 3 is 2.89 bits per heavy atom. The van der Waals surface area contributed by atoms with Gasteiger partial charge in [-0.05, 0) is 27.3 Å². The van der Waals surface area contributed by atoms with Gasteiger partial charge < -0.3 is 14.8 Å². The predicted molar refractivity (Wildman–Crippen MR) is 74.5 cm³/mol. The van der Waals surface area contributed by atoms with E-state index in [1.165, 1.54) is 0 Å². The van der Waals surface area contributed by atoms with Crippen molar-refractivity contribution in [1.82, 2.24) is 15.1 Å². The molecule has 3 unspecified atom stereocenters. The molecule has 0 amide bonds. The Morgan fingerprint density at radius 1 is 1.53 bits per heavy atom. The Labute approximate surface area is 115 Å². The second-order valence-corrected chi connectivity index (χ2v) is 5.37. The van der Waals surface area contributed by atoms with Gasteiger partial charge in [-0.15, -0.1) is 0 Å². The lowest BCUT2D eigenvalue weighted by molar-refractivity contribution is -0.106. The molecule has 0 aliphatic heterocycles. The van der Waals surface area contributed by atoms with Crippen LogP contribution in [0, 0.1) is 0 Å². The molecule has 0 saturated heterocycles. The lowest BCUT2D eigenvalue weighted by Gasteiger charge is -2.43. The van der Waals surface area contributed by atoms with Crippen LogP contribution in [-0.2, 0) is 4.74 Å². The van der Waals surface area contributed by atoms with Crippen LogP contribution in [0.25, 0.3) is 0 Å². The molecule has 1 aliphatic carbocycles. The normalized spacial score (nSPS) is 26.5. The highest BCUT2D eigenvalue weighted by Crippen LogP contribution is 2.29. The highest BCUT2D eigenvalue weighted by atomic mass is 16.5. The van der Waals surface area contributed by atoms with Gasteiger partial charge in [0.05, 0.1) is 12.4 Å².